The Balaban J connectivity index is 2.39. The van der Waals surface area contributed by atoms with Gasteiger partial charge in [-0.25, -0.2) is 0 Å². The van der Waals surface area contributed by atoms with Crippen molar-refractivity contribution in [2.45, 2.75) is 41.5 Å². The lowest BCUT2D eigenvalue weighted by Gasteiger charge is -2.08. The Bertz CT molecular complexity index is 743. The third-order valence-corrected chi connectivity index (χ3v) is 4.33. The molecule has 2 aromatic rings. The Kier molecular flexibility index (Phi) is 5.03. The van der Waals surface area contributed by atoms with Crippen LogP contribution >= 0.6 is 0 Å². The quantitative estimate of drug-likeness (QED) is 0.571. The van der Waals surface area contributed by atoms with Gasteiger partial charge in [0.1, 0.15) is 0 Å². The van der Waals surface area contributed by atoms with Gasteiger partial charge in [-0.2, -0.15) is 0 Å². The summed E-state index contributed by atoms with van der Waals surface area (Å²) in [4.78, 5) is 0. The minimum Gasteiger partial charge on any atom is -0.0871 e. The van der Waals surface area contributed by atoms with Crippen LogP contribution in [0.1, 0.15) is 51.4 Å². The second-order valence-corrected chi connectivity index (χ2v) is 6.19. The molecule has 114 valence electrons. The number of hydrogen-bond acceptors (Lipinski definition) is 0. The van der Waals surface area contributed by atoms with Gasteiger partial charge in [-0.3, -0.25) is 0 Å². The summed E-state index contributed by atoms with van der Waals surface area (Å²) in [5.74, 6) is 0. The van der Waals surface area contributed by atoms with Gasteiger partial charge in [0, 0.05) is 0 Å². The van der Waals surface area contributed by atoms with Crippen LogP contribution in [0.25, 0.3) is 18.2 Å². The highest BCUT2D eigenvalue weighted by molar-refractivity contribution is 5.74. The second-order valence-electron chi connectivity index (χ2n) is 6.19. The zero-order valence-corrected chi connectivity index (χ0v) is 14.6. The molecule has 0 N–H and O–H groups in total. The molecular weight excluding hydrogens is 264 g/mol. The Morgan fingerprint density at radius 2 is 0.864 bits per heavy atom. The van der Waals surface area contributed by atoms with Gasteiger partial charge in [-0.15, -0.1) is 0 Å². The lowest BCUT2D eigenvalue weighted by Crippen LogP contribution is -1.89. The summed E-state index contributed by atoms with van der Waals surface area (Å²) in [6, 6.07) is 9.08. The zero-order chi connectivity index (χ0) is 16.3. The van der Waals surface area contributed by atoms with Gasteiger partial charge >= 0.3 is 0 Å². The van der Waals surface area contributed by atoms with Crippen molar-refractivity contribution in [3.05, 3.63) is 74.8 Å². The Labute approximate surface area is 135 Å². The fourth-order valence-electron chi connectivity index (χ4n) is 2.74. The van der Waals surface area contributed by atoms with Crippen LogP contribution < -0.4 is 0 Å². The fourth-order valence-corrected chi connectivity index (χ4v) is 2.74. The van der Waals surface area contributed by atoms with Crippen LogP contribution in [0.3, 0.4) is 0 Å². The summed E-state index contributed by atoms with van der Waals surface area (Å²) in [5.41, 5.74) is 10.6. The Morgan fingerprint density at radius 1 is 0.500 bits per heavy atom. The lowest BCUT2D eigenvalue weighted by molar-refractivity contribution is 1.29. The molecule has 0 heterocycles. The highest BCUT2D eigenvalue weighted by Gasteiger charge is 2.02. The first kappa shape index (κ1) is 16.3. The van der Waals surface area contributed by atoms with E-state index in [9.17, 15) is 0 Å². The van der Waals surface area contributed by atoms with E-state index in [0.29, 0.717) is 0 Å². The number of hydrogen-bond donors (Lipinski definition) is 0. The van der Waals surface area contributed by atoms with Crippen LogP contribution in [0.15, 0.2) is 30.3 Å². The van der Waals surface area contributed by atoms with Gasteiger partial charge in [0.05, 0.1) is 0 Å². The van der Waals surface area contributed by atoms with E-state index in [1.807, 2.05) is 0 Å². The maximum Gasteiger partial charge on any atom is -0.0224 e. The molecule has 0 nitrogen and oxygen atoms in total. The first-order valence-corrected chi connectivity index (χ1v) is 7.92. The minimum atomic E-state index is 1.29. The van der Waals surface area contributed by atoms with Crippen LogP contribution in [0.5, 0.6) is 0 Å². The molecule has 0 saturated carbocycles. The van der Waals surface area contributed by atoms with Crippen molar-refractivity contribution in [3.63, 3.8) is 0 Å². The molecular formula is C22H26. The van der Waals surface area contributed by atoms with Crippen molar-refractivity contribution < 1.29 is 0 Å². The van der Waals surface area contributed by atoms with Crippen molar-refractivity contribution in [3.8, 4) is 0 Å². The first-order chi connectivity index (χ1) is 10.4. The molecule has 2 aromatic carbocycles. The molecule has 0 amide bonds. The number of benzene rings is 2. The monoisotopic (exact) mass is 290 g/mol. The zero-order valence-electron chi connectivity index (χ0n) is 14.6. The summed E-state index contributed by atoms with van der Waals surface area (Å²) in [6.45, 7) is 12.9. The molecule has 0 saturated heterocycles. The Morgan fingerprint density at radius 3 is 1.36 bits per heavy atom. The average molecular weight is 290 g/mol. The molecule has 0 bridgehead atoms. The lowest BCUT2D eigenvalue weighted by atomic mass is 9.97. The molecule has 22 heavy (non-hydrogen) atoms. The van der Waals surface area contributed by atoms with Gasteiger partial charge in [0.2, 0.25) is 0 Å². The van der Waals surface area contributed by atoms with Crippen molar-refractivity contribution in [2.24, 2.45) is 0 Å². The van der Waals surface area contributed by atoms with E-state index < -0.39 is 0 Å². The summed E-state index contributed by atoms with van der Waals surface area (Å²) >= 11 is 0. The molecule has 0 aromatic heterocycles. The van der Waals surface area contributed by atoms with E-state index in [1.54, 1.807) is 0 Å². The highest BCUT2D eigenvalue weighted by Crippen LogP contribution is 2.22. The van der Waals surface area contributed by atoms with E-state index in [0.717, 1.165) is 0 Å². The number of rotatable bonds is 3. The van der Waals surface area contributed by atoms with E-state index in [2.05, 4.69) is 90.1 Å². The molecule has 0 aliphatic heterocycles. The van der Waals surface area contributed by atoms with Crippen molar-refractivity contribution in [1.29, 1.82) is 0 Å². The standard InChI is InChI=1S/C22H26/c1-7-8-20-13-19(6)22(14-18(20)5)10-9-21-12-16(3)15(2)11-17(21)4/h7-14H,1-6H3/b8-7+,10-9+. The highest BCUT2D eigenvalue weighted by atomic mass is 14.1. The van der Waals surface area contributed by atoms with Gasteiger partial charge in [0.25, 0.3) is 0 Å². The molecule has 0 aliphatic carbocycles. The van der Waals surface area contributed by atoms with Gasteiger partial charge in [-0.1, -0.05) is 48.6 Å². The summed E-state index contributed by atoms with van der Waals surface area (Å²) in [7, 11) is 0. The normalized spacial score (nSPS) is 11.7. The maximum absolute atomic E-state index is 2.28. The number of aryl methyl sites for hydroxylation is 5. The summed E-state index contributed by atoms with van der Waals surface area (Å²) in [6.07, 6.45) is 8.73. The van der Waals surface area contributed by atoms with Gasteiger partial charge in [0.15, 0.2) is 0 Å². The third kappa shape index (κ3) is 3.57. The van der Waals surface area contributed by atoms with E-state index in [4.69, 9.17) is 0 Å². The molecule has 0 heteroatoms. The van der Waals surface area contributed by atoms with Crippen LogP contribution in [0, 0.1) is 34.6 Å². The Hall–Kier alpha value is -2.08. The predicted octanol–water partition coefficient (Wildman–Crippen LogP) is 6.43. The minimum absolute atomic E-state index is 1.29. The van der Waals surface area contributed by atoms with Crippen LogP contribution in [0.4, 0.5) is 0 Å². The van der Waals surface area contributed by atoms with Crippen LogP contribution in [-0.2, 0) is 0 Å². The molecule has 0 unspecified atom stereocenters. The summed E-state index contributed by atoms with van der Waals surface area (Å²) < 4.78 is 0. The molecule has 0 aliphatic rings. The van der Waals surface area contributed by atoms with E-state index in [1.165, 1.54) is 44.5 Å². The molecule has 2 rings (SSSR count). The summed E-state index contributed by atoms with van der Waals surface area (Å²) in [5, 5.41) is 0. The van der Waals surface area contributed by atoms with E-state index in [-0.39, 0.29) is 0 Å². The van der Waals surface area contributed by atoms with Crippen molar-refractivity contribution in [1.82, 2.24) is 0 Å². The third-order valence-electron chi connectivity index (χ3n) is 4.33. The number of allylic oxidation sites excluding steroid dienone is 1. The van der Waals surface area contributed by atoms with Crippen LogP contribution in [-0.4, -0.2) is 0 Å². The van der Waals surface area contributed by atoms with Crippen LogP contribution in [0.2, 0.25) is 0 Å². The van der Waals surface area contributed by atoms with E-state index >= 15 is 0 Å². The smallest absolute Gasteiger partial charge is 0.0224 e. The maximum atomic E-state index is 2.28. The second kappa shape index (κ2) is 6.79. The molecule has 0 spiro atoms. The van der Waals surface area contributed by atoms with Crippen molar-refractivity contribution >= 4 is 18.2 Å². The molecule has 0 fully saturated rings. The van der Waals surface area contributed by atoms with Gasteiger partial charge in [-0.05, 0) is 86.1 Å². The SMILES string of the molecule is C/C=C/c1cc(C)c(/C=C/c2cc(C)c(C)cc2C)cc1C. The predicted molar refractivity (Wildman–Crippen MR) is 100 cm³/mol. The average Bonchev–Trinajstić information content (AvgIpc) is 2.46. The van der Waals surface area contributed by atoms with Gasteiger partial charge < -0.3 is 0 Å². The topological polar surface area (TPSA) is 0 Å². The molecule has 0 atom stereocenters. The van der Waals surface area contributed by atoms with Crippen molar-refractivity contribution in [2.75, 3.05) is 0 Å². The first-order valence-electron chi connectivity index (χ1n) is 7.92. The molecule has 0 radical (unpaired) electrons. The fraction of sp³-hybridized carbons (Fsp3) is 0.273. The largest absolute Gasteiger partial charge is 0.0871 e.